The second-order valence-electron chi connectivity index (χ2n) is 4.93. The SMILES string of the molecule is N#Cc1nc(C(Br)C(=O)C(Br)c2cc(Cl)c(N)c(C#N)n2)cc(Cl)c1N. The standard InChI is InChI=1S/C15H8Br2Cl2N6O/c16-11(7-1-5(18)13(22)9(3-20)24-7)15(26)12(17)8-2-6(19)14(23)10(4-21)25-8/h1-2,11-12H,22-23H2. The van der Waals surface area contributed by atoms with Crippen molar-refractivity contribution in [2.45, 2.75) is 9.65 Å². The van der Waals surface area contributed by atoms with Crippen molar-refractivity contribution in [3.8, 4) is 12.1 Å². The summed E-state index contributed by atoms with van der Waals surface area (Å²) >= 11 is 18.4. The summed E-state index contributed by atoms with van der Waals surface area (Å²) < 4.78 is 0. The number of halogens is 4. The molecule has 2 rings (SSSR count). The van der Waals surface area contributed by atoms with Crippen LogP contribution < -0.4 is 11.5 Å². The van der Waals surface area contributed by atoms with Crippen molar-refractivity contribution < 1.29 is 4.79 Å². The molecule has 2 unspecified atom stereocenters. The van der Waals surface area contributed by atoms with Gasteiger partial charge in [-0.25, -0.2) is 9.97 Å². The van der Waals surface area contributed by atoms with Crippen molar-refractivity contribution in [2.75, 3.05) is 11.5 Å². The molecule has 0 radical (unpaired) electrons. The zero-order chi connectivity index (χ0) is 19.6. The van der Waals surface area contributed by atoms with E-state index in [2.05, 4.69) is 41.8 Å². The van der Waals surface area contributed by atoms with Gasteiger partial charge >= 0.3 is 0 Å². The van der Waals surface area contributed by atoms with Gasteiger partial charge in [-0.2, -0.15) is 10.5 Å². The van der Waals surface area contributed by atoms with Crippen LogP contribution in [0.4, 0.5) is 11.4 Å². The Morgan fingerprint density at radius 2 is 1.31 bits per heavy atom. The molecule has 2 aromatic heterocycles. The summed E-state index contributed by atoms with van der Waals surface area (Å²) in [5.74, 6) is -0.403. The van der Waals surface area contributed by atoms with Crippen LogP contribution in [0.3, 0.4) is 0 Å². The first-order valence-corrected chi connectivity index (χ1v) is 9.33. The minimum atomic E-state index is -0.916. The molecule has 132 valence electrons. The van der Waals surface area contributed by atoms with Gasteiger partial charge in [0.25, 0.3) is 0 Å². The lowest BCUT2D eigenvalue weighted by Crippen LogP contribution is -2.16. The minimum absolute atomic E-state index is 0.0334. The van der Waals surface area contributed by atoms with Crippen LogP contribution in [-0.4, -0.2) is 15.8 Å². The third kappa shape index (κ3) is 3.92. The predicted molar refractivity (Wildman–Crippen MR) is 105 cm³/mol. The lowest BCUT2D eigenvalue weighted by molar-refractivity contribution is -0.118. The topological polar surface area (TPSA) is 142 Å². The van der Waals surface area contributed by atoms with Crippen LogP contribution in [-0.2, 0) is 4.79 Å². The van der Waals surface area contributed by atoms with E-state index in [4.69, 9.17) is 45.2 Å². The summed E-state index contributed by atoms with van der Waals surface area (Å²) in [5, 5.41) is 18.3. The van der Waals surface area contributed by atoms with E-state index in [1.165, 1.54) is 12.1 Å². The Hall–Kier alpha value is -1.91. The monoisotopic (exact) mass is 516 g/mol. The van der Waals surface area contributed by atoms with Gasteiger partial charge < -0.3 is 11.5 Å². The van der Waals surface area contributed by atoms with Gasteiger partial charge in [-0.1, -0.05) is 55.1 Å². The zero-order valence-corrected chi connectivity index (χ0v) is 17.4. The average Bonchev–Trinajstić information content (AvgIpc) is 2.63. The van der Waals surface area contributed by atoms with Gasteiger partial charge in [0.2, 0.25) is 0 Å². The number of nitrogen functional groups attached to an aromatic ring is 2. The summed E-state index contributed by atoms with van der Waals surface area (Å²) in [6.07, 6.45) is 0. The molecule has 0 amide bonds. The fourth-order valence-corrected chi connectivity index (χ4v) is 3.69. The number of nitriles is 2. The largest absolute Gasteiger partial charge is 0.395 e. The van der Waals surface area contributed by atoms with Gasteiger partial charge in [-0.05, 0) is 12.1 Å². The molecule has 0 saturated heterocycles. The maximum absolute atomic E-state index is 12.7. The minimum Gasteiger partial charge on any atom is -0.395 e. The lowest BCUT2D eigenvalue weighted by atomic mass is 10.1. The molecule has 26 heavy (non-hydrogen) atoms. The molecule has 0 bridgehead atoms. The molecular formula is C15H8Br2Cl2N6O. The van der Waals surface area contributed by atoms with E-state index in [0.717, 1.165) is 0 Å². The van der Waals surface area contributed by atoms with E-state index >= 15 is 0 Å². The van der Waals surface area contributed by atoms with Crippen molar-refractivity contribution in [2.24, 2.45) is 0 Å². The number of nitrogens with two attached hydrogens (primary N) is 2. The van der Waals surface area contributed by atoms with Crippen LogP contribution in [0.1, 0.15) is 32.4 Å². The average molecular weight is 519 g/mol. The van der Waals surface area contributed by atoms with Crippen LogP contribution >= 0.6 is 55.1 Å². The number of aromatic nitrogens is 2. The number of carbonyl (C=O) groups is 1. The molecular weight excluding hydrogens is 511 g/mol. The molecule has 11 heteroatoms. The van der Waals surface area contributed by atoms with Crippen LogP contribution in [0.15, 0.2) is 12.1 Å². The summed E-state index contributed by atoms with van der Waals surface area (Å²) in [7, 11) is 0. The Kier molecular flexibility index (Phi) is 6.43. The number of hydrogen-bond acceptors (Lipinski definition) is 7. The predicted octanol–water partition coefficient (Wildman–Crippen LogP) is 3.83. The fraction of sp³-hybridized carbons (Fsp3) is 0.133. The van der Waals surface area contributed by atoms with Crippen LogP contribution in [0.5, 0.6) is 0 Å². The second kappa shape index (κ2) is 8.19. The van der Waals surface area contributed by atoms with E-state index in [1.54, 1.807) is 0 Å². The summed E-state index contributed by atoms with van der Waals surface area (Å²) in [4.78, 5) is 19.0. The van der Waals surface area contributed by atoms with E-state index in [-0.39, 0.29) is 44.2 Å². The Labute approximate surface area is 175 Å². The first kappa shape index (κ1) is 20.4. The number of Topliss-reactive ketones (excluding diaryl/α,β-unsaturated/α-hetero) is 1. The summed E-state index contributed by atoms with van der Waals surface area (Å²) in [6, 6.07) is 6.41. The number of anilines is 2. The van der Waals surface area contributed by atoms with Crippen LogP contribution in [0.25, 0.3) is 0 Å². The third-order valence-electron chi connectivity index (χ3n) is 3.29. The summed E-state index contributed by atoms with van der Waals surface area (Å²) in [6.45, 7) is 0. The Morgan fingerprint density at radius 1 is 0.962 bits per heavy atom. The summed E-state index contributed by atoms with van der Waals surface area (Å²) in [5.41, 5.74) is 11.6. The Bertz CT molecular complexity index is 908. The van der Waals surface area contributed by atoms with Crippen LogP contribution in [0.2, 0.25) is 10.0 Å². The smallest absolute Gasteiger partial charge is 0.172 e. The molecule has 2 atom stereocenters. The molecule has 4 N–H and O–H groups in total. The highest BCUT2D eigenvalue weighted by Gasteiger charge is 2.29. The highest BCUT2D eigenvalue weighted by atomic mass is 79.9. The van der Waals surface area contributed by atoms with E-state index in [0.29, 0.717) is 0 Å². The number of hydrogen-bond donors (Lipinski definition) is 2. The van der Waals surface area contributed by atoms with E-state index in [9.17, 15) is 4.79 Å². The van der Waals surface area contributed by atoms with Crippen molar-refractivity contribution >= 4 is 72.2 Å². The van der Waals surface area contributed by atoms with Gasteiger partial charge in [-0.15, -0.1) is 0 Å². The molecule has 2 heterocycles. The normalized spacial score (nSPS) is 12.7. The Balaban J connectivity index is 2.40. The molecule has 0 saturated carbocycles. The quantitative estimate of drug-likeness (QED) is 0.585. The van der Waals surface area contributed by atoms with Gasteiger partial charge in [0.15, 0.2) is 17.2 Å². The van der Waals surface area contributed by atoms with E-state index < -0.39 is 15.4 Å². The number of rotatable bonds is 4. The molecule has 0 aromatic carbocycles. The molecule has 2 aromatic rings. The number of carbonyl (C=O) groups excluding carboxylic acids is 1. The molecule has 0 aliphatic heterocycles. The van der Waals surface area contributed by atoms with E-state index in [1.807, 2.05) is 12.1 Å². The second-order valence-corrected chi connectivity index (χ2v) is 7.58. The lowest BCUT2D eigenvalue weighted by Gasteiger charge is -2.15. The van der Waals surface area contributed by atoms with Crippen molar-refractivity contribution in [3.05, 3.63) is 45.0 Å². The number of ketones is 1. The van der Waals surface area contributed by atoms with Crippen molar-refractivity contribution in [1.82, 2.24) is 9.97 Å². The van der Waals surface area contributed by atoms with Gasteiger partial charge in [0.05, 0.1) is 32.8 Å². The highest BCUT2D eigenvalue weighted by molar-refractivity contribution is 9.10. The molecule has 7 nitrogen and oxygen atoms in total. The maximum Gasteiger partial charge on any atom is 0.172 e. The Morgan fingerprint density at radius 3 is 1.62 bits per heavy atom. The third-order valence-corrected chi connectivity index (χ3v) is 5.75. The molecule has 0 spiro atoms. The molecule has 0 aliphatic carbocycles. The van der Waals surface area contributed by atoms with Gasteiger partial charge in [0.1, 0.15) is 21.8 Å². The first-order chi connectivity index (χ1) is 12.2. The number of alkyl halides is 2. The van der Waals surface area contributed by atoms with Gasteiger partial charge in [0, 0.05) is 0 Å². The fourth-order valence-electron chi connectivity index (χ4n) is 1.93. The van der Waals surface area contributed by atoms with Gasteiger partial charge in [-0.3, -0.25) is 4.79 Å². The van der Waals surface area contributed by atoms with Crippen molar-refractivity contribution in [3.63, 3.8) is 0 Å². The van der Waals surface area contributed by atoms with Crippen LogP contribution in [0, 0.1) is 22.7 Å². The first-order valence-electron chi connectivity index (χ1n) is 6.75. The number of nitrogens with zero attached hydrogens (tertiary/aromatic N) is 4. The van der Waals surface area contributed by atoms with Crippen molar-refractivity contribution in [1.29, 1.82) is 10.5 Å². The zero-order valence-electron chi connectivity index (χ0n) is 12.7. The highest BCUT2D eigenvalue weighted by Crippen LogP contribution is 2.37. The molecule has 0 aliphatic rings. The molecule has 0 fully saturated rings. The maximum atomic E-state index is 12.7. The number of pyridine rings is 2.